The van der Waals surface area contributed by atoms with E-state index >= 15 is 0 Å². The first kappa shape index (κ1) is 20.9. The van der Waals surface area contributed by atoms with Gasteiger partial charge in [-0.1, -0.05) is 18.2 Å². The van der Waals surface area contributed by atoms with E-state index in [1.54, 1.807) is 4.90 Å². The molecular formula is C21H21F3N2O3S. The van der Waals surface area contributed by atoms with Gasteiger partial charge in [0.2, 0.25) is 15.9 Å². The van der Waals surface area contributed by atoms with Gasteiger partial charge in [0.25, 0.3) is 0 Å². The molecule has 0 radical (unpaired) electrons. The number of carbonyl (C=O) groups excluding carboxylic acids is 1. The second-order valence-corrected chi connectivity index (χ2v) is 9.69. The van der Waals surface area contributed by atoms with Gasteiger partial charge < -0.3 is 4.90 Å². The van der Waals surface area contributed by atoms with Crippen molar-refractivity contribution in [3.8, 4) is 11.1 Å². The van der Waals surface area contributed by atoms with Gasteiger partial charge in [0.1, 0.15) is 17.5 Å². The fourth-order valence-corrected chi connectivity index (χ4v) is 5.07. The van der Waals surface area contributed by atoms with E-state index < -0.39 is 39.3 Å². The van der Waals surface area contributed by atoms with E-state index in [1.165, 1.54) is 24.3 Å². The molecule has 1 aliphatic carbocycles. The second kappa shape index (κ2) is 7.70. The molecule has 1 saturated carbocycles. The second-order valence-electron chi connectivity index (χ2n) is 7.91. The summed E-state index contributed by atoms with van der Waals surface area (Å²) >= 11 is 0. The molecule has 0 aromatic heterocycles. The maximum Gasteiger partial charge on any atom is 0.226 e. The Morgan fingerprint density at radius 2 is 1.70 bits per heavy atom. The van der Waals surface area contributed by atoms with Crippen LogP contribution in [-0.4, -0.2) is 44.6 Å². The molecule has 1 saturated heterocycles. The summed E-state index contributed by atoms with van der Waals surface area (Å²) in [5, 5.41) is 0. The standard InChI is InChI=1S/C21H21F3N2O3S/c1-30(28,29)25-12-8-9-26(11-12)21(27)15-10-14(15)19-13(4-2-5-16(19)22)20-17(23)6-3-7-18(20)24/h2-7,12,14-15,25H,8-11H2,1H3/t12-,14-,15-/m1/s1. The molecule has 5 nitrogen and oxygen atoms in total. The number of carbonyl (C=O) groups is 1. The van der Waals surface area contributed by atoms with Crippen LogP contribution in [0.15, 0.2) is 36.4 Å². The van der Waals surface area contributed by atoms with Crippen LogP contribution in [-0.2, 0) is 14.8 Å². The normalized spacial score (nSPS) is 23.6. The highest BCUT2D eigenvalue weighted by Gasteiger charge is 2.49. The fraction of sp³-hybridized carbons (Fsp3) is 0.381. The third-order valence-corrected chi connectivity index (χ3v) is 6.41. The summed E-state index contributed by atoms with van der Waals surface area (Å²) in [6.07, 6.45) is 1.95. The van der Waals surface area contributed by atoms with Crippen LogP contribution in [0.25, 0.3) is 11.1 Å². The lowest BCUT2D eigenvalue weighted by Gasteiger charge is -2.18. The van der Waals surface area contributed by atoms with E-state index in [4.69, 9.17) is 0 Å². The van der Waals surface area contributed by atoms with Crippen LogP contribution < -0.4 is 4.72 Å². The molecule has 2 aromatic rings. The Morgan fingerprint density at radius 1 is 1.07 bits per heavy atom. The average molecular weight is 438 g/mol. The van der Waals surface area contributed by atoms with Gasteiger partial charge in [0.15, 0.2) is 0 Å². The van der Waals surface area contributed by atoms with E-state index in [9.17, 15) is 26.4 Å². The first-order valence-corrected chi connectivity index (χ1v) is 11.5. The molecule has 2 fully saturated rings. The summed E-state index contributed by atoms with van der Waals surface area (Å²) in [6.45, 7) is 0.655. The Balaban J connectivity index is 1.56. The fourth-order valence-electron chi connectivity index (χ4n) is 4.27. The number of nitrogens with one attached hydrogen (secondary N) is 1. The molecule has 3 atom stereocenters. The van der Waals surface area contributed by atoms with E-state index in [0.717, 1.165) is 18.4 Å². The molecule has 0 spiro atoms. The number of hydrogen-bond acceptors (Lipinski definition) is 3. The minimum Gasteiger partial charge on any atom is -0.341 e. The van der Waals surface area contributed by atoms with Crippen LogP contribution in [0.2, 0.25) is 0 Å². The number of halogens is 3. The zero-order valence-electron chi connectivity index (χ0n) is 16.2. The number of amides is 1. The van der Waals surface area contributed by atoms with Gasteiger partial charge in [-0.15, -0.1) is 0 Å². The topological polar surface area (TPSA) is 66.5 Å². The summed E-state index contributed by atoms with van der Waals surface area (Å²) in [5.41, 5.74) is -0.0440. The molecular weight excluding hydrogens is 417 g/mol. The maximum absolute atomic E-state index is 14.7. The highest BCUT2D eigenvalue weighted by atomic mass is 32.2. The van der Waals surface area contributed by atoms with Gasteiger partial charge in [0.05, 0.1) is 11.8 Å². The van der Waals surface area contributed by atoms with Crippen molar-refractivity contribution in [3.63, 3.8) is 0 Å². The molecule has 2 aliphatic rings. The third-order valence-electron chi connectivity index (χ3n) is 5.64. The Hall–Kier alpha value is -2.39. The van der Waals surface area contributed by atoms with E-state index in [0.29, 0.717) is 19.4 Å². The molecule has 4 rings (SSSR count). The molecule has 2 aromatic carbocycles. The molecule has 1 N–H and O–H groups in total. The summed E-state index contributed by atoms with van der Waals surface area (Å²) in [6, 6.07) is 7.19. The molecule has 9 heteroatoms. The Labute approximate surface area is 172 Å². The van der Waals surface area contributed by atoms with Crippen molar-refractivity contribution in [1.82, 2.24) is 9.62 Å². The number of benzene rings is 2. The minimum absolute atomic E-state index is 0.115. The average Bonchev–Trinajstić information content (AvgIpc) is 3.30. The molecule has 160 valence electrons. The number of likely N-dealkylation sites (tertiary alicyclic amines) is 1. The first-order valence-electron chi connectivity index (χ1n) is 9.64. The molecule has 1 aliphatic heterocycles. The van der Waals surface area contributed by atoms with Crippen LogP contribution in [0.3, 0.4) is 0 Å². The van der Waals surface area contributed by atoms with Gasteiger partial charge in [-0.3, -0.25) is 4.79 Å². The van der Waals surface area contributed by atoms with E-state index in [1.807, 2.05) is 0 Å². The lowest BCUT2D eigenvalue weighted by Crippen LogP contribution is -2.38. The third kappa shape index (κ3) is 4.09. The van der Waals surface area contributed by atoms with Crippen LogP contribution in [0.4, 0.5) is 13.2 Å². The molecule has 1 heterocycles. The van der Waals surface area contributed by atoms with Crippen LogP contribution in [0.5, 0.6) is 0 Å². The predicted molar refractivity (Wildman–Crippen MR) is 106 cm³/mol. The van der Waals surface area contributed by atoms with Gasteiger partial charge in [-0.2, -0.15) is 0 Å². The van der Waals surface area contributed by atoms with Crippen LogP contribution in [0, 0.1) is 23.4 Å². The first-order chi connectivity index (χ1) is 14.2. The Bertz CT molecular complexity index is 1090. The summed E-state index contributed by atoms with van der Waals surface area (Å²) < 4.78 is 68.6. The highest BCUT2D eigenvalue weighted by Crippen LogP contribution is 2.52. The SMILES string of the molecule is CS(=O)(=O)N[C@@H]1CCN(C(=O)[C@@H]2C[C@H]2c2c(F)cccc2-c2c(F)cccc2F)C1. The van der Waals surface area contributed by atoms with Crippen molar-refractivity contribution >= 4 is 15.9 Å². The molecule has 0 bridgehead atoms. The summed E-state index contributed by atoms with van der Waals surface area (Å²) in [4.78, 5) is 14.4. The van der Waals surface area contributed by atoms with E-state index in [-0.39, 0.29) is 35.2 Å². The Kier molecular flexibility index (Phi) is 5.36. The van der Waals surface area contributed by atoms with Gasteiger partial charge in [0, 0.05) is 25.0 Å². The lowest BCUT2D eigenvalue weighted by atomic mass is 9.94. The Morgan fingerprint density at radius 3 is 2.37 bits per heavy atom. The summed E-state index contributed by atoms with van der Waals surface area (Å²) in [7, 11) is -3.37. The number of hydrogen-bond donors (Lipinski definition) is 1. The van der Waals surface area contributed by atoms with Crippen LogP contribution >= 0.6 is 0 Å². The van der Waals surface area contributed by atoms with Crippen LogP contribution in [0.1, 0.15) is 24.3 Å². The van der Waals surface area contributed by atoms with Crippen molar-refractivity contribution in [2.24, 2.45) is 5.92 Å². The van der Waals surface area contributed by atoms with Gasteiger partial charge >= 0.3 is 0 Å². The van der Waals surface area contributed by atoms with Crippen molar-refractivity contribution in [2.45, 2.75) is 24.8 Å². The minimum atomic E-state index is -3.37. The van der Waals surface area contributed by atoms with Crippen molar-refractivity contribution < 1.29 is 26.4 Å². The van der Waals surface area contributed by atoms with E-state index in [2.05, 4.69) is 4.72 Å². The molecule has 1 amide bonds. The zero-order chi connectivity index (χ0) is 21.6. The molecule has 30 heavy (non-hydrogen) atoms. The van der Waals surface area contributed by atoms with Crippen molar-refractivity contribution in [2.75, 3.05) is 19.3 Å². The smallest absolute Gasteiger partial charge is 0.226 e. The number of rotatable bonds is 5. The number of sulfonamides is 1. The molecule has 0 unspecified atom stereocenters. The number of nitrogens with zero attached hydrogens (tertiary/aromatic N) is 1. The highest BCUT2D eigenvalue weighted by molar-refractivity contribution is 7.88. The zero-order valence-corrected chi connectivity index (χ0v) is 17.1. The summed E-state index contributed by atoms with van der Waals surface area (Å²) in [5.74, 6) is -3.35. The monoisotopic (exact) mass is 438 g/mol. The quantitative estimate of drug-likeness (QED) is 0.781. The van der Waals surface area contributed by atoms with Gasteiger partial charge in [-0.05, 0) is 48.1 Å². The lowest BCUT2D eigenvalue weighted by molar-refractivity contribution is -0.131. The van der Waals surface area contributed by atoms with Crippen molar-refractivity contribution in [3.05, 3.63) is 59.4 Å². The largest absolute Gasteiger partial charge is 0.341 e. The maximum atomic E-state index is 14.7. The van der Waals surface area contributed by atoms with Gasteiger partial charge in [-0.25, -0.2) is 26.3 Å². The van der Waals surface area contributed by atoms with Crippen molar-refractivity contribution in [1.29, 1.82) is 0 Å². The predicted octanol–water partition coefficient (Wildman–Crippen LogP) is 3.02.